The Labute approximate surface area is 168 Å². The molecule has 1 aromatic carbocycles. The number of pyridine rings is 1. The molecule has 3 rings (SSSR count). The maximum atomic E-state index is 12.3. The molecule has 8 heteroatoms. The smallest absolute Gasteiger partial charge is 0.261 e. The number of aromatic nitrogens is 1. The van der Waals surface area contributed by atoms with E-state index < -0.39 is 21.3 Å². The summed E-state index contributed by atoms with van der Waals surface area (Å²) in [5.41, 5.74) is 1.54. The molecular formula is C20H21ClN2O4S. The van der Waals surface area contributed by atoms with Crippen molar-refractivity contribution in [3.8, 4) is 0 Å². The summed E-state index contributed by atoms with van der Waals surface area (Å²) in [5, 5.41) is 4.04. The van der Waals surface area contributed by atoms with Crippen molar-refractivity contribution in [1.29, 1.82) is 0 Å². The Morgan fingerprint density at radius 3 is 2.61 bits per heavy atom. The van der Waals surface area contributed by atoms with Gasteiger partial charge in [0.15, 0.2) is 9.84 Å². The van der Waals surface area contributed by atoms with Gasteiger partial charge in [0.2, 0.25) is 0 Å². The molecule has 0 saturated heterocycles. The van der Waals surface area contributed by atoms with Crippen LogP contribution >= 0.6 is 11.6 Å². The number of halogens is 1. The Morgan fingerprint density at radius 2 is 1.86 bits per heavy atom. The average Bonchev–Trinajstić information content (AvgIpc) is 2.89. The molecule has 28 heavy (non-hydrogen) atoms. The SMILES string of the molecule is O=C(NC/C=C/S(=O)(=O)c1ccc(Cl)cc1)c1cc2c([nH]c1=O)CCCCC2. The Morgan fingerprint density at radius 1 is 1.14 bits per heavy atom. The van der Waals surface area contributed by atoms with E-state index in [0.29, 0.717) is 5.02 Å². The fraction of sp³-hybridized carbons (Fsp3) is 0.300. The van der Waals surface area contributed by atoms with Gasteiger partial charge in [0.1, 0.15) is 5.56 Å². The molecule has 1 aliphatic carbocycles. The number of rotatable bonds is 5. The Kier molecular flexibility index (Phi) is 6.36. The normalized spacial score (nSPS) is 14.5. The molecular weight excluding hydrogens is 400 g/mol. The lowest BCUT2D eigenvalue weighted by Gasteiger charge is -2.08. The van der Waals surface area contributed by atoms with Crippen LogP contribution in [0.5, 0.6) is 0 Å². The summed E-state index contributed by atoms with van der Waals surface area (Å²) in [6.45, 7) is -0.0117. The van der Waals surface area contributed by atoms with E-state index >= 15 is 0 Å². The highest BCUT2D eigenvalue weighted by Gasteiger charge is 2.16. The average molecular weight is 421 g/mol. The summed E-state index contributed by atoms with van der Waals surface area (Å²) in [6, 6.07) is 7.47. The van der Waals surface area contributed by atoms with Gasteiger partial charge in [-0.15, -0.1) is 0 Å². The third-order valence-corrected chi connectivity index (χ3v) is 6.36. The first kappa shape index (κ1) is 20.4. The first-order valence-electron chi connectivity index (χ1n) is 9.07. The minimum absolute atomic E-state index is 0.0117. The fourth-order valence-corrected chi connectivity index (χ4v) is 4.29. The van der Waals surface area contributed by atoms with Crippen molar-refractivity contribution in [2.24, 2.45) is 0 Å². The summed E-state index contributed by atoms with van der Waals surface area (Å²) in [7, 11) is -3.62. The zero-order valence-corrected chi connectivity index (χ0v) is 16.8. The lowest BCUT2D eigenvalue weighted by atomic mass is 10.1. The number of hydrogen-bond donors (Lipinski definition) is 2. The predicted octanol–water partition coefficient (Wildman–Crippen LogP) is 3.01. The monoisotopic (exact) mass is 420 g/mol. The van der Waals surface area contributed by atoms with Crippen LogP contribution in [0.1, 0.15) is 40.9 Å². The molecule has 1 aliphatic rings. The number of sulfone groups is 1. The van der Waals surface area contributed by atoms with E-state index in [0.717, 1.165) is 48.8 Å². The van der Waals surface area contributed by atoms with E-state index in [1.54, 1.807) is 6.07 Å². The molecule has 0 spiro atoms. The van der Waals surface area contributed by atoms with Crippen molar-refractivity contribution < 1.29 is 13.2 Å². The van der Waals surface area contributed by atoms with Crippen molar-refractivity contribution in [3.63, 3.8) is 0 Å². The second-order valence-corrected chi connectivity index (χ2v) is 8.93. The number of fused-ring (bicyclic) bond motifs is 1. The lowest BCUT2D eigenvalue weighted by Crippen LogP contribution is -2.30. The van der Waals surface area contributed by atoms with E-state index in [1.165, 1.54) is 30.3 Å². The van der Waals surface area contributed by atoms with Gasteiger partial charge in [0.05, 0.1) is 4.90 Å². The second kappa shape index (κ2) is 8.75. The molecule has 1 aromatic heterocycles. The number of carbonyl (C=O) groups is 1. The standard InChI is InChI=1S/C20H21ClN2O4S/c21-15-7-9-16(10-8-15)28(26,27)12-4-11-22-19(24)17-13-14-5-2-1-3-6-18(14)23-20(17)25/h4,7-10,12-13H,1-3,5-6,11H2,(H,22,24)(H,23,25)/b12-4+. The Hall–Kier alpha value is -2.38. The fourth-order valence-electron chi connectivity index (χ4n) is 3.14. The highest BCUT2D eigenvalue weighted by Crippen LogP contribution is 2.18. The van der Waals surface area contributed by atoms with Crippen LogP contribution in [0.25, 0.3) is 0 Å². The molecule has 2 N–H and O–H groups in total. The number of hydrogen-bond acceptors (Lipinski definition) is 4. The van der Waals surface area contributed by atoms with E-state index in [9.17, 15) is 18.0 Å². The topological polar surface area (TPSA) is 96.1 Å². The summed E-state index contributed by atoms with van der Waals surface area (Å²) in [4.78, 5) is 27.5. The maximum Gasteiger partial charge on any atom is 0.261 e. The van der Waals surface area contributed by atoms with Crippen LogP contribution in [0, 0.1) is 0 Å². The van der Waals surface area contributed by atoms with Gasteiger partial charge < -0.3 is 10.3 Å². The summed E-state index contributed by atoms with van der Waals surface area (Å²) >= 11 is 5.76. The van der Waals surface area contributed by atoms with Crippen LogP contribution < -0.4 is 10.9 Å². The van der Waals surface area contributed by atoms with Crippen LogP contribution in [-0.2, 0) is 22.7 Å². The lowest BCUT2D eigenvalue weighted by molar-refractivity contribution is 0.0956. The molecule has 1 amide bonds. The number of aryl methyl sites for hydroxylation is 2. The zero-order chi connectivity index (χ0) is 20.1. The summed E-state index contributed by atoms with van der Waals surface area (Å²) < 4.78 is 24.4. The van der Waals surface area contributed by atoms with Crippen molar-refractivity contribution in [2.75, 3.05) is 6.54 Å². The molecule has 2 aromatic rings. The maximum absolute atomic E-state index is 12.3. The molecule has 0 atom stereocenters. The van der Waals surface area contributed by atoms with Crippen molar-refractivity contribution >= 4 is 27.3 Å². The third-order valence-electron chi connectivity index (χ3n) is 4.63. The van der Waals surface area contributed by atoms with Gasteiger partial charge in [0, 0.05) is 22.7 Å². The molecule has 0 aliphatic heterocycles. The number of carbonyl (C=O) groups excluding carboxylic acids is 1. The van der Waals surface area contributed by atoms with Gasteiger partial charge in [0.25, 0.3) is 11.5 Å². The van der Waals surface area contributed by atoms with Crippen LogP contribution in [-0.4, -0.2) is 25.9 Å². The van der Waals surface area contributed by atoms with Gasteiger partial charge in [-0.1, -0.05) is 24.1 Å². The number of benzene rings is 1. The second-order valence-electron chi connectivity index (χ2n) is 6.66. The molecule has 0 saturated carbocycles. The molecule has 0 fully saturated rings. The first-order valence-corrected chi connectivity index (χ1v) is 11.0. The third kappa shape index (κ3) is 4.91. The van der Waals surface area contributed by atoms with Gasteiger partial charge >= 0.3 is 0 Å². The van der Waals surface area contributed by atoms with Crippen molar-refractivity contribution in [3.05, 3.63) is 74.0 Å². The minimum Gasteiger partial charge on any atom is -0.348 e. The van der Waals surface area contributed by atoms with Crippen LogP contribution in [0.4, 0.5) is 0 Å². The van der Waals surface area contributed by atoms with Crippen LogP contribution in [0.15, 0.2) is 51.5 Å². The Balaban J connectivity index is 1.66. The highest BCUT2D eigenvalue weighted by atomic mass is 35.5. The molecule has 148 valence electrons. The van der Waals surface area contributed by atoms with Crippen molar-refractivity contribution in [1.82, 2.24) is 10.3 Å². The van der Waals surface area contributed by atoms with Crippen LogP contribution in [0.3, 0.4) is 0 Å². The van der Waals surface area contributed by atoms with E-state index in [-0.39, 0.29) is 17.0 Å². The van der Waals surface area contributed by atoms with Gasteiger partial charge in [-0.2, -0.15) is 0 Å². The highest BCUT2D eigenvalue weighted by molar-refractivity contribution is 7.94. The molecule has 0 bridgehead atoms. The summed E-state index contributed by atoms with van der Waals surface area (Å²) in [5.74, 6) is -0.526. The van der Waals surface area contributed by atoms with E-state index in [4.69, 9.17) is 11.6 Å². The van der Waals surface area contributed by atoms with Gasteiger partial charge in [-0.05, 0) is 61.6 Å². The first-order chi connectivity index (χ1) is 13.4. The van der Waals surface area contributed by atoms with E-state index in [2.05, 4.69) is 10.3 Å². The largest absolute Gasteiger partial charge is 0.348 e. The van der Waals surface area contributed by atoms with E-state index in [1.807, 2.05) is 0 Å². The summed E-state index contributed by atoms with van der Waals surface area (Å²) in [6.07, 6.45) is 6.15. The zero-order valence-electron chi connectivity index (χ0n) is 15.2. The molecule has 0 unspecified atom stereocenters. The number of amides is 1. The molecule has 0 radical (unpaired) electrons. The van der Waals surface area contributed by atoms with Gasteiger partial charge in [-0.25, -0.2) is 8.42 Å². The van der Waals surface area contributed by atoms with Gasteiger partial charge in [-0.3, -0.25) is 9.59 Å². The minimum atomic E-state index is -3.62. The number of H-pyrrole nitrogens is 1. The Bertz CT molecular complexity index is 1060. The molecule has 6 nitrogen and oxygen atoms in total. The predicted molar refractivity (Wildman–Crippen MR) is 108 cm³/mol. The molecule has 1 heterocycles. The number of aromatic amines is 1. The number of nitrogens with one attached hydrogen (secondary N) is 2. The quantitative estimate of drug-likeness (QED) is 0.726. The van der Waals surface area contributed by atoms with Crippen molar-refractivity contribution in [2.45, 2.75) is 37.0 Å². The van der Waals surface area contributed by atoms with Crippen LogP contribution in [0.2, 0.25) is 5.02 Å².